The normalized spacial score (nSPS) is 13.7. The molecule has 0 aliphatic heterocycles. The van der Waals surface area contributed by atoms with E-state index in [1.54, 1.807) is 17.5 Å². The molecule has 104 valence electrons. The molecule has 0 saturated carbocycles. The van der Waals surface area contributed by atoms with E-state index < -0.39 is 6.10 Å². The second-order valence-electron chi connectivity index (χ2n) is 5.73. The Balaban J connectivity index is 2.06. The first-order valence-corrected chi connectivity index (χ1v) is 7.43. The summed E-state index contributed by atoms with van der Waals surface area (Å²) in [5, 5.41) is 17.4. The molecule has 4 nitrogen and oxygen atoms in total. The predicted octanol–water partition coefficient (Wildman–Crippen LogP) is 2.93. The number of aliphatic hydroxyl groups is 1. The Bertz CT molecular complexity index is 539. The molecule has 5 heteroatoms. The second kappa shape index (κ2) is 5.43. The molecular weight excluding hydrogens is 258 g/mol. The van der Waals surface area contributed by atoms with Crippen LogP contribution in [-0.4, -0.2) is 19.9 Å². The minimum atomic E-state index is -0.528. The van der Waals surface area contributed by atoms with Crippen LogP contribution in [-0.2, 0) is 18.4 Å². The first-order chi connectivity index (χ1) is 8.90. The molecule has 1 atom stereocenters. The molecule has 0 radical (unpaired) electrons. The van der Waals surface area contributed by atoms with Crippen molar-refractivity contribution in [2.45, 2.75) is 52.2 Å². The largest absolute Gasteiger partial charge is 0.388 e. The van der Waals surface area contributed by atoms with Crippen LogP contribution in [0.15, 0.2) is 17.8 Å². The molecule has 2 aromatic heterocycles. The van der Waals surface area contributed by atoms with Gasteiger partial charge in [-0.15, -0.1) is 11.3 Å². The van der Waals surface area contributed by atoms with Gasteiger partial charge in [0.1, 0.15) is 0 Å². The SMILES string of the molecule is CCn1cc(C(O)Cc2nc(C(C)(C)C)cs2)cn1. The van der Waals surface area contributed by atoms with Gasteiger partial charge < -0.3 is 5.11 Å². The van der Waals surface area contributed by atoms with Gasteiger partial charge in [-0.25, -0.2) is 4.98 Å². The molecule has 0 fully saturated rings. The molecule has 0 aliphatic rings. The van der Waals surface area contributed by atoms with Crippen molar-refractivity contribution in [3.05, 3.63) is 34.0 Å². The third-order valence-corrected chi connectivity index (χ3v) is 3.92. The average molecular weight is 279 g/mol. The Labute approximate surface area is 118 Å². The van der Waals surface area contributed by atoms with Crippen LogP contribution in [0.4, 0.5) is 0 Å². The summed E-state index contributed by atoms with van der Waals surface area (Å²) < 4.78 is 1.82. The van der Waals surface area contributed by atoms with Crippen LogP contribution >= 0.6 is 11.3 Å². The lowest BCUT2D eigenvalue weighted by molar-refractivity contribution is 0.178. The molecule has 0 amide bonds. The van der Waals surface area contributed by atoms with Gasteiger partial charge in [0.2, 0.25) is 0 Å². The molecule has 2 heterocycles. The maximum Gasteiger partial charge on any atom is 0.0957 e. The van der Waals surface area contributed by atoms with E-state index in [1.165, 1.54) is 0 Å². The summed E-state index contributed by atoms with van der Waals surface area (Å²) >= 11 is 1.61. The molecule has 0 bridgehead atoms. The summed E-state index contributed by atoms with van der Waals surface area (Å²) in [5.41, 5.74) is 2.01. The quantitative estimate of drug-likeness (QED) is 0.936. The van der Waals surface area contributed by atoms with E-state index >= 15 is 0 Å². The summed E-state index contributed by atoms with van der Waals surface area (Å²) in [6, 6.07) is 0. The summed E-state index contributed by atoms with van der Waals surface area (Å²) in [5.74, 6) is 0. The third-order valence-electron chi connectivity index (χ3n) is 3.05. The van der Waals surface area contributed by atoms with E-state index in [0.29, 0.717) is 6.42 Å². The number of aromatic nitrogens is 3. The predicted molar refractivity (Wildman–Crippen MR) is 77.4 cm³/mol. The van der Waals surface area contributed by atoms with Gasteiger partial charge >= 0.3 is 0 Å². The lowest BCUT2D eigenvalue weighted by Gasteiger charge is -2.14. The van der Waals surface area contributed by atoms with Crippen molar-refractivity contribution in [3.8, 4) is 0 Å². The highest BCUT2D eigenvalue weighted by molar-refractivity contribution is 7.09. The second-order valence-corrected chi connectivity index (χ2v) is 6.67. The van der Waals surface area contributed by atoms with E-state index in [1.807, 2.05) is 17.8 Å². The molecule has 1 unspecified atom stereocenters. The number of nitrogens with zero attached hydrogens (tertiary/aromatic N) is 3. The van der Waals surface area contributed by atoms with Crippen molar-refractivity contribution < 1.29 is 5.11 Å². The molecule has 0 aromatic carbocycles. The highest BCUT2D eigenvalue weighted by Gasteiger charge is 2.19. The van der Waals surface area contributed by atoms with Crippen molar-refractivity contribution in [1.29, 1.82) is 0 Å². The number of hydrogen-bond donors (Lipinski definition) is 1. The van der Waals surface area contributed by atoms with Crippen LogP contribution in [0.3, 0.4) is 0 Å². The summed E-state index contributed by atoms with van der Waals surface area (Å²) in [4.78, 5) is 4.61. The minimum Gasteiger partial charge on any atom is -0.388 e. The van der Waals surface area contributed by atoms with Crippen molar-refractivity contribution in [1.82, 2.24) is 14.8 Å². The van der Waals surface area contributed by atoms with Crippen LogP contribution < -0.4 is 0 Å². The average Bonchev–Trinajstić information content (AvgIpc) is 2.95. The number of hydrogen-bond acceptors (Lipinski definition) is 4. The molecule has 19 heavy (non-hydrogen) atoms. The fraction of sp³-hybridized carbons (Fsp3) is 0.571. The first kappa shape index (κ1) is 14.2. The van der Waals surface area contributed by atoms with Gasteiger partial charge in [-0.3, -0.25) is 4.68 Å². The van der Waals surface area contributed by atoms with Gasteiger partial charge in [0.05, 0.1) is 23.0 Å². The molecule has 2 aromatic rings. The van der Waals surface area contributed by atoms with Crippen molar-refractivity contribution in [2.75, 3.05) is 0 Å². The topological polar surface area (TPSA) is 50.9 Å². The lowest BCUT2D eigenvalue weighted by Crippen LogP contribution is -2.11. The van der Waals surface area contributed by atoms with E-state index in [4.69, 9.17) is 0 Å². The molecular formula is C14H21N3OS. The summed E-state index contributed by atoms with van der Waals surface area (Å²) in [6.07, 6.45) is 3.64. The number of aliphatic hydroxyl groups excluding tert-OH is 1. The molecule has 0 aliphatic carbocycles. The first-order valence-electron chi connectivity index (χ1n) is 6.55. The van der Waals surface area contributed by atoms with Gasteiger partial charge in [-0.2, -0.15) is 5.10 Å². The highest BCUT2D eigenvalue weighted by atomic mass is 32.1. The Kier molecular flexibility index (Phi) is 4.06. The number of rotatable bonds is 4. The maximum absolute atomic E-state index is 10.2. The monoisotopic (exact) mass is 279 g/mol. The van der Waals surface area contributed by atoms with Crippen LogP contribution in [0.25, 0.3) is 0 Å². The zero-order valence-corrected chi connectivity index (χ0v) is 12.7. The highest BCUT2D eigenvalue weighted by Crippen LogP contribution is 2.26. The standard InChI is InChI=1S/C14H21N3OS/c1-5-17-8-10(7-15-17)11(18)6-13-16-12(9-19-13)14(2,3)4/h7-9,11,18H,5-6H2,1-4H3. The Hall–Kier alpha value is -1.20. The maximum atomic E-state index is 10.2. The van der Waals surface area contributed by atoms with E-state index in [0.717, 1.165) is 22.8 Å². The molecule has 2 rings (SSSR count). The third kappa shape index (κ3) is 3.42. The van der Waals surface area contributed by atoms with Gasteiger partial charge in [0.15, 0.2) is 0 Å². The van der Waals surface area contributed by atoms with Gasteiger partial charge in [0.25, 0.3) is 0 Å². The number of aryl methyl sites for hydroxylation is 1. The number of thiazole rings is 1. The van der Waals surface area contributed by atoms with Crippen LogP contribution in [0.5, 0.6) is 0 Å². The molecule has 0 spiro atoms. The zero-order valence-electron chi connectivity index (χ0n) is 11.9. The molecule has 0 saturated heterocycles. The van der Waals surface area contributed by atoms with Crippen molar-refractivity contribution >= 4 is 11.3 Å². The fourth-order valence-electron chi connectivity index (χ4n) is 1.76. The fourth-order valence-corrected chi connectivity index (χ4v) is 2.82. The van der Waals surface area contributed by atoms with E-state index in [-0.39, 0.29) is 5.41 Å². The van der Waals surface area contributed by atoms with Gasteiger partial charge in [-0.1, -0.05) is 20.8 Å². The Morgan fingerprint density at radius 1 is 1.42 bits per heavy atom. The van der Waals surface area contributed by atoms with Crippen LogP contribution in [0.1, 0.15) is 50.1 Å². The Morgan fingerprint density at radius 2 is 2.16 bits per heavy atom. The zero-order chi connectivity index (χ0) is 14.0. The van der Waals surface area contributed by atoms with Gasteiger partial charge in [-0.05, 0) is 6.92 Å². The summed E-state index contributed by atoms with van der Waals surface area (Å²) in [7, 11) is 0. The van der Waals surface area contributed by atoms with Crippen molar-refractivity contribution in [2.24, 2.45) is 0 Å². The van der Waals surface area contributed by atoms with Crippen LogP contribution in [0, 0.1) is 0 Å². The summed E-state index contributed by atoms with van der Waals surface area (Å²) in [6.45, 7) is 9.28. The van der Waals surface area contributed by atoms with E-state index in [2.05, 4.69) is 36.2 Å². The Morgan fingerprint density at radius 3 is 2.68 bits per heavy atom. The van der Waals surface area contributed by atoms with Crippen molar-refractivity contribution in [3.63, 3.8) is 0 Å². The van der Waals surface area contributed by atoms with E-state index in [9.17, 15) is 5.11 Å². The minimum absolute atomic E-state index is 0.0623. The van der Waals surface area contributed by atoms with Crippen LogP contribution in [0.2, 0.25) is 0 Å². The van der Waals surface area contributed by atoms with Gasteiger partial charge in [0, 0.05) is 35.5 Å². The molecule has 1 N–H and O–H groups in total. The smallest absolute Gasteiger partial charge is 0.0957 e. The lowest BCUT2D eigenvalue weighted by atomic mass is 9.93.